The Morgan fingerprint density at radius 1 is 1.18 bits per heavy atom. The zero-order chi connectivity index (χ0) is 24.2. The predicted molar refractivity (Wildman–Crippen MR) is 130 cm³/mol. The van der Waals surface area contributed by atoms with E-state index in [1.54, 1.807) is 13.1 Å². The van der Waals surface area contributed by atoms with Gasteiger partial charge in [-0.2, -0.15) is 5.26 Å². The number of nitrogens with zero attached hydrogens (tertiary/aromatic N) is 3. The van der Waals surface area contributed by atoms with E-state index >= 15 is 0 Å². The van der Waals surface area contributed by atoms with Gasteiger partial charge in [0, 0.05) is 48.4 Å². The van der Waals surface area contributed by atoms with Crippen molar-refractivity contribution < 1.29 is 9.59 Å². The van der Waals surface area contributed by atoms with Crippen molar-refractivity contribution in [3.05, 3.63) is 34.7 Å². The molecule has 4 atom stereocenters. The van der Waals surface area contributed by atoms with Crippen LogP contribution in [0.2, 0.25) is 5.02 Å². The van der Waals surface area contributed by atoms with Gasteiger partial charge in [-0.1, -0.05) is 25.4 Å². The average Bonchev–Trinajstić information content (AvgIpc) is 3.47. The number of hydrogen-bond acceptors (Lipinski definition) is 4. The number of carbonyl (C=O) groups excluding carboxylic acids is 2. The van der Waals surface area contributed by atoms with Crippen LogP contribution in [0.4, 0.5) is 5.82 Å². The molecular weight excluding hydrogens is 450 g/mol. The van der Waals surface area contributed by atoms with E-state index in [-0.39, 0.29) is 29.2 Å². The number of carbonyl (C=O) groups is 2. The first kappa shape index (κ1) is 22.9. The Bertz CT molecular complexity index is 1200. The van der Waals surface area contributed by atoms with Crippen molar-refractivity contribution >= 4 is 29.2 Å². The van der Waals surface area contributed by atoms with Crippen molar-refractivity contribution in [1.82, 2.24) is 14.9 Å². The molecule has 0 radical (unpaired) electrons. The minimum absolute atomic E-state index is 0.00722. The molecule has 3 heterocycles. The number of anilines is 1. The van der Waals surface area contributed by atoms with Gasteiger partial charge in [-0.15, -0.1) is 0 Å². The normalized spacial score (nSPS) is 26.6. The Labute approximate surface area is 204 Å². The summed E-state index contributed by atoms with van der Waals surface area (Å²) >= 11 is 6.54. The molecular formula is C26H30ClN5O2. The number of pyridine rings is 1. The van der Waals surface area contributed by atoms with Crippen molar-refractivity contribution in [3.8, 4) is 17.2 Å². The van der Waals surface area contributed by atoms with E-state index in [0.717, 1.165) is 55.5 Å². The summed E-state index contributed by atoms with van der Waals surface area (Å²) in [6, 6.07) is 6.26. The van der Waals surface area contributed by atoms with Gasteiger partial charge in [-0.05, 0) is 61.5 Å². The number of halogens is 1. The Morgan fingerprint density at radius 3 is 2.53 bits per heavy atom. The number of nitrogens with one attached hydrogen (secondary N) is 2. The Balaban J connectivity index is 1.31. The lowest BCUT2D eigenvalue weighted by Gasteiger charge is -2.16. The van der Waals surface area contributed by atoms with Crippen LogP contribution in [0.1, 0.15) is 57.8 Å². The second-order valence-corrected chi connectivity index (χ2v) is 11.4. The van der Waals surface area contributed by atoms with Crippen LogP contribution in [0.3, 0.4) is 0 Å². The fraction of sp³-hybridized carbons (Fsp3) is 0.538. The summed E-state index contributed by atoms with van der Waals surface area (Å²) in [6.07, 6.45) is 6.03. The number of amides is 2. The molecule has 2 aliphatic carbocycles. The summed E-state index contributed by atoms with van der Waals surface area (Å²) in [7, 11) is 0. The highest BCUT2D eigenvalue weighted by atomic mass is 35.5. The van der Waals surface area contributed by atoms with Crippen molar-refractivity contribution in [3.63, 3.8) is 0 Å². The fourth-order valence-corrected chi connectivity index (χ4v) is 6.61. The molecule has 5 rings (SSSR count). The monoisotopic (exact) mass is 479 g/mol. The molecule has 34 heavy (non-hydrogen) atoms. The van der Waals surface area contributed by atoms with Crippen LogP contribution in [0.5, 0.6) is 0 Å². The molecule has 2 N–H and O–H groups in total. The summed E-state index contributed by atoms with van der Waals surface area (Å²) < 4.78 is 2.08. The summed E-state index contributed by atoms with van der Waals surface area (Å²) in [5.41, 5.74) is 3.53. The lowest BCUT2D eigenvalue weighted by molar-refractivity contribution is -0.121. The quantitative estimate of drug-likeness (QED) is 0.672. The minimum Gasteiger partial charge on any atom is -0.354 e. The highest BCUT2D eigenvalue weighted by molar-refractivity contribution is 6.33. The molecule has 2 saturated carbocycles. The number of rotatable bonds is 4. The van der Waals surface area contributed by atoms with E-state index in [9.17, 15) is 14.9 Å². The number of aromatic nitrogens is 2. The smallest absolute Gasteiger partial charge is 0.228 e. The molecule has 0 spiro atoms. The SMILES string of the molecule is CC(=O)NC1C[C@@H]2CC(C(=O)Nc3cc(-c4cc(C#N)n5c4CC(C)(C)C5)c(Cl)cn3)C[C@@H]2C1. The standard InChI is InChI=1S/C26H30ClN5O2/c1-14(33)30-18-6-15-4-17(5-16(15)7-18)25(34)31-24-9-20(22(27)12-29-24)21-8-19(11-28)32-13-26(2,3)10-23(21)32/h8-9,12,15-18H,4-7,10,13H2,1-3H3,(H,30,33)(H,29,31,34)/t15-,16+,17?,18?. The summed E-state index contributed by atoms with van der Waals surface area (Å²) in [4.78, 5) is 28.8. The molecule has 2 unspecified atom stereocenters. The molecule has 2 aromatic heterocycles. The van der Waals surface area contributed by atoms with Crippen LogP contribution in [-0.2, 0) is 22.6 Å². The second kappa shape index (κ2) is 8.42. The third-order valence-electron chi connectivity index (χ3n) is 7.75. The summed E-state index contributed by atoms with van der Waals surface area (Å²) in [6.45, 7) is 6.74. The summed E-state index contributed by atoms with van der Waals surface area (Å²) in [5.74, 6) is 1.42. The zero-order valence-corrected chi connectivity index (χ0v) is 20.6. The van der Waals surface area contributed by atoms with Gasteiger partial charge in [-0.3, -0.25) is 9.59 Å². The van der Waals surface area contributed by atoms with Crippen LogP contribution in [0.15, 0.2) is 18.3 Å². The number of fused-ring (bicyclic) bond motifs is 2. The molecule has 2 amide bonds. The third kappa shape index (κ3) is 4.20. The first-order chi connectivity index (χ1) is 16.1. The van der Waals surface area contributed by atoms with Crippen LogP contribution in [-0.4, -0.2) is 27.4 Å². The molecule has 0 saturated heterocycles. The van der Waals surface area contributed by atoms with Crippen LogP contribution < -0.4 is 10.6 Å². The molecule has 0 aromatic carbocycles. The molecule has 8 heteroatoms. The molecule has 2 aromatic rings. The van der Waals surface area contributed by atoms with Crippen molar-refractivity contribution in [2.24, 2.45) is 23.2 Å². The van der Waals surface area contributed by atoms with Crippen LogP contribution in [0, 0.1) is 34.5 Å². The maximum absolute atomic E-state index is 13.1. The van der Waals surface area contributed by atoms with Gasteiger partial charge in [0.25, 0.3) is 0 Å². The maximum atomic E-state index is 13.1. The van der Waals surface area contributed by atoms with E-state index < -0.39 is 0 Å². The number of hydrogen-bond donors (Lipinski definition) is 2. The maximum Gasteiger partial charge on any atom is 0.228 e. The van der Waals surface area contributed by atoms with E-state index in [4.69, 9.17) is 11.6 Å². The van der Waals surface area contributed by atoms with Gasteiger partial charge >= 0.3 is 0 Å². The predicted octanol–water partition coefficient (Wildman–Crippen LogP) is 4.54. The van der Waals surface area contributed by atoms with E-state index in [2.05, 4.69) is 40.1 Å². The largest absolute Gasteiger partial charge is 0.354 e. The Hall–Kier alpha value is -2.85. The van der Waals surface area contributed by atoms with Gasteiger partial charge < -0.3 is 15.2 Å². The lowest BCUT2D eigenvalue weighted by Crippen LogP contribution is -2.31. The highest BCUT2D eigenvalue weighted by Gasteiger charge is 2.44. The fourth-order valence-electron chi connectivity index (χ4n) is 6.40. The van der Waals surface area contributed by atoms with Crippen molar-refractivity contribution in [1.29, 1.82) is 5.26 Å². The van der Waals surface area contributed by atoms with E-state index in [0.29, 0.717) is 28.4 Å². The van der Waals surface area contributed by atoms with Gasteiger partial charge in [0.1, 0.15) is 17.6 Å². The molecule has 3 aliphatic rings. The third-order valence-corrected chi connectivity index (χ3v) is 8.05. The van der Waals surface area contributed by atoms with Gasteiger partial charge in [-0.25, -0.2) is 4.98 Å². The molecule has 178 valence electrons. The van der Waals surface area contributed by atoms with Gasteiger partial charge in [0.05, 0.1) is 5.02 Å². The van der Waals surface area contributed by atoms with Gasteiger partial charge in [0.15, 0.2) is 0 Å². The molecule has 1 aliphatic heterocycles. The first-order valence-electron chi connectivity index (χ1n) is 12.0. The van der Waals surface area contributed by atoms with Crippen LogP contribution in [0.25, 0.3) is 11.1 Å². The highest BCUT2D eigenvalue weighted by Crippen LogP contribution is 2.47. The topological polar surface area (TPSA) is 99.8 Å². The Kier molecular flexibility index (Phi) is 5.68. The van der Waals surface area contributed by atoms with E-state index in [1.807, 2.05) is 12.1 Å². The zero-order valence-electron chi connectivity index (χ0n) is 19.8. The molecule has 2 fully saturated rings. The van der Waals surface area contributed by atoms with Gasteiger partial charge in [0.2, 0.25) is 11.8 Å². The van der Waals surface area contributed by atoms with Crippen molar-refractivity contribution in [2.45, 2.75) is 65.5 Å². The number of nitriles is 1. The first-order valence-corrected chi connectivity index (χ1v) is 12.4. The molecule has 7 nitrogen and oxygen atoms in total. The second-order valence-electron chi connectivity index (χ2n) is 11.0. The van der Waals surface area contributed by atoms with Crippen LogP contribution >= 0.6 is 11.6 Å². The average molecular weight is 480 g/mol. The van der Waals surface area contributed by atoms with Crippen molar-refractivity contribution in [2.75, 3.05) is 5.32 Å². The minimum atomic E-state index is -0.0427. The summed E-state index contributed by atoms with van der Waals surface area (Å²) in [5, 5.41) is 16.2. The lowest BCUT2D eigenvalue weighted by atomic mass is 9.89. The Morgan fingerprint density at radius 2 is 1.88 bits per heavy atom. The van der Waals surface area contributed by atoms with E-state index in [1.165, 1.54) is 0 Å². The molecule has 0 bridgehead atoms.